The Morgan fingerprint density at radius 1 is 1.52 bits per heavy atom. The van der Waals surface area contributed by atoms with Crippen molar-refractivity contribution in [2.24, 2.45) is 5.92 Å². The van der Waals surface area contributed by atoms with Crippen LogP contribution in [0.4, 0.5) is 0 Å². The van der Waals surface area contributed by atoms with E-state index in [1.165, 1.54) is 19.2 Å². The van der Waals surface area contributed by atoms with Crippen LogP contribution in [0, 0.1) is 5.92 Å². The van der Waals surface area contributed by atoms with Gasteiger partial charge >= 0.3 is 5.97 Å². The van der Waals surface area contributed by atoms with Crippen LogP contribution in [0.1, 0.15) is 16.8 Å². The average Bonchev–Trinajstić information content (AvgIpc) is 2.89. The number of carboxylic acids is 1. The molecule has 21 heavy (non-hydrogen) atoms. The maximum atomic E-state index is 12.5. The molecule has 1 aliphatic rings. The first-order valence-electron chi connectivity index (χ1n) is 6.26. The predicted octanol–water partition coefficient (Wildman–Crippen LogP) is 1.86. The smallest absolute Gasteiger partial charge is 0.339 e. The first-order chi connectivity index (χ1) is 9.85. The molecule has 116 valence electrons. The summed E-state index contributed by atoms with van der Waals surface area (Å²) in [6.07, 6.45) is 0.661. The van der Waals surface area contributed by atoms with Crippen LogP contribution in [0.5, 0.6) is 5.75 Å². The molecule has 2 rings (SSSR count). The zero-order valence-electron chi connectivity index (χ0n) is 11.3. The number of benzene rings is 1. The quantitative estimate of drug-likeness (QED) is 0.884. The minimum atomic E-state index is -3.72. The van der Waals surface area contributed by atoms with Crippen LogP contribution in [-0.4, -0.2) is 45.6 Å². The second-order valence-electron chi connectivity index (χ2n) is 4.80. The molecule has 0 aromatic heterocycles. The van der Waals surface area contributed by atoms with Gasteiger partial charge in [-0.3, -0.25) is 0 Å². The molecule has 1 saturated heterocycles. The number of carbonyl (C=O) groups is 1. The van der Waals surface area contributed by atoms with Gasteiger partial charge in [0.05, 0.1) is 19.5 Å². The Morgan fingerprint density at radius 3 is 2.76 bits per heavy atom. The molecule has 0 bridgehead atoms. The van der Waals surface area contributed by atoms with Crippen molar-refractivity contribution in [1.82, 2.24) is 0 Å². The highest BCUT2D eigenvalue weighted by atomic mass is 35.5. The summed E-state index contributed by atoms with van der Waals surface area (Å²) >= 11 is 5.84. The fourth-order valence-electron chi connectivity index (χ4n) is 2.28. The molecule has 0 saturated carbocycles. The predicted molar refractivity (Wildman–Crippen MR) is 75.9 cm³/mol. The number of hydrogen-bond donors (Lipinski definition) is 1. The third-order valence-corrected chi connectivity index (χ3v) is 5.37. The minimum absolute atomic E-state index is 0.0365. The van der Waals surface area contributed by atoms with Crippen molar-refractivity contribution in [2.75, 3.05) is 26.1 Å². The first-order valence-corrected chi connectivity index (χ1v) is 8.29. The van der Waals surface area contributed by atoms with Crippen molar-refractivity contribution in [1.29, 1.82) is 0 Å². The summed E-state index contributed by atoms with van der Waals surface area (Å²) in [6.45, 7) is 0.918. The number of halogens is 1. The Labute approximate surface area is 127 Å². The number of rotatable bonds is 5. The standard InChI is InChI=1S/C13H15ClO6S/c1-19-12-10(13(15)16)4-9(14)5-11(12)21(17,18)7-8-2-3-20-6-8/h4-5,8H,2-3,6-7H2,1H3,(H,15,16). The summed E-state index contributed by atoms with van der Waals surface area (Å²) in [5.74, 6) is -1.71. The van der Waals surface area contributed by atoms with Gasteiger partial charge in [-0.2, -0.15) is 0 Å². The van der Waals surface area contributed by atoms with Gasteiger partial charge in [-0.05, 0) is 24.5 Å². The van der Waals surface area contributed by atoms with Gasteiger partial charge in [-0.1, -0.05) is 11.6 Å². The van der Waals surface area contributed by atoms with E-state index < -0.39 is 15.8 Å². The SMILES string of the molecule is COc1c(C(=O)O)cc(Cl)cc1S(=O)(=O)CC1CCOC1. The summed E-state index contributed by atoms with van der Waals surface area (Å²) < 4.78 is 35.2. The number of methoxy groups -OCH3 is 1. The van der Waals surface area contributed by atoms with E-state index in [0.29, 0.717) is 19.6 Å². The fourth-order valence-corrected chi connectivity index (χ4v) is 4.41. The van der Waals surface area contributed by atoms with E-state index in [9.17, 15) is 13.2 Å². The summed E-state index contributed by atoms with van der Waals surface area (Å²) in [5.41, 5.74) is -0.272. The lowest BCUT2D eigenvalue weighted by atomic mass is 10.2. The Balaban J connectivity index is 2.48. The Kier molecular flexibility index (Phi) is 4.75. The molecule has 1 heterocycles. The van der Waals surface area contributed by atoms with Gasteiger partial charge in [0, 0.05) is 11.6 Å². The summed E-state index contributed by atoms with van der Waals surface area (Å²) in [5, 5.41) is 9.18. The zero-order valence-corrected chi connectivity index (χ0v) is 12.9. The number of sulfone groups is 1. The monoisotopic (exact) mass is 334 g/mol. The lowest BCUT2D eigenvalue weighted by Gasteiger charge is -2.14. The van der Waals surface area contributed by atoms with E-state index >= 15 is 0 Å². The largest absolute Gasteiger partial charge is 0.494 e. The normalized spacial score (nSPS) is 18.7. The van der Waals surface area contributed by atoms with E-state index in [-0.39, 0.29) is 32.9 Å². The van der Waals surface area contributed by atoms with Gasteiger partial charge in [-0.15, -0.1) is 0 Å². The van der Waals surface area contributed by atoms with Crippen molar-refractivity contribution >= 4 is 27.4 Å². The van der Waals surface area contributed by atoms with Gasteiger partial charge in [0.25, 0.3) is 0 Å². The Bertz CT molecular complexity index is 649. The second kappa shape index (κ2) is 6.21. The molecular weight excluding hydrogens is 320 g/mol. The second-order valence-corrected chi connectivity index (χ2v) is 7.24. The molecule has 0 radical (unpaired) electrons. The van der Waals surface area contributed by atoms with Gasteiger partial charge in [0.15, 0.2) is 15.6 Å². The van der Waals surface area contributed by atoms with Gasteiger partial charge in [0.2, 0.25) is 0 Å². The average molecular weight is 335 g/mol. The van der Waals surface area contributed by atoms with Crippen LogP contribution in [0.3, 0.4) is 0 Å². The van der Waals surface area contributed by atoms with Crippen molar-refractivity contribution in [3.63, 3.8) is 0 Å². The van der Waals surface area contributed by atoms with Crippen LogP contribution in [0.25, 0.3) is 0 Å². The van der Waals surface area contributed by atoms with E-state index in [0.717, 1.165) is 0 Å². The van der Waals surface area contributed by atoms with E-state index in [4.69, 9.17) is 26.2 Å². The topological polar surface area (TPSA) is 89.9 Å². The van der Waals surface area contributed by atoms with Crippen LogP contribution < -0.4 is 4.74 Å². The van der Waals surface area contributed by atoms with E-state index in [1.807, 2.05) is 0 Å². The first kappa shape index (κ1) is 16.1. The fraction of sp³-hybridized carbons (Fsp3) is 0.462. The van der Waals surface area contributed by atoms with Gasteiger partial charge in [-0.25, -0.2) is 13.2 Å². The Hall–Kier alpha value is -1.31. The number of hydrogen-bond acceptors (Lipinski definition) is 5. The summed E-state index contributed by atoms with van der Waals surface area (Å²) in [7, 11) is -2.49. The molecule has 1 atom stereocenters. The highest BCUT2D eigenvalue weighted by Gasteiger charge is 2.29. The van der Waals surface area contributed by atoms with E-state index in [2.05, 4.69) is 0 Å². The van der Waals surface area contributed by atoms with Crippen LogP contribution in [0.15, 0.2) is 17.0 Å². The molecule has 1 aromatic rings. The van der Waals surface area contributed by atoms with E-state index in [1.54, 1.807) is 0 Å². The molecular formula is C13H15ClO6S. The zero-order chi connectivity index (χ0) is 15.6. The van der Waals surface area contributed by atoms with Crippen molar-refractivity contribution in [3.05, 3.63) is 22.7 Å². The molecule has 1 unspecified atom stereocenters. The number of ether oxygens (including phenoxy) is 2. The molecule has 1 aliphatic heterocycles. The van der Waals surface area contributed by atoms with Crippen molar-refractivity contribution in [3.8, 4) is 5.75 Å². The van der Waals surface area contributed by atoms with Crippen LogP contribution >= 0.6 is 11.6 Å². The summed E-state index contributed by atoms with van der Waals surface area (Å²) in [6, 6.07) is 2.39. The summed E-state index contributed by atoms with van der Waals surface area (Å²) in [4.78, 5) is 11.0. The van der Waals surface area contributed by atoms with Crippen LogP contribution in [0.2, 0.25) is 5.02 Å². The van der Waals surface area contributed by atoms with Crippen molar-refractivity contribution in [2.45, 2.75) is 11.3 Å². The molecule has 0 spiro atoms. The minimum Gasteiger partial charge on any atom is -0.494 e. The molecule has 1 fully saturated rings. The highest BCUT2D eigenvalue weighted by molar-refractivity contribution is 7.91. The highest BCUT2D eigenvalue weighted by Crippen LogP contribution is 2.33. The van der Waals surface area contributed by atoms with Gasteiger partial charge in [0.1, 0.15) is 10.5 Å². The third kappa shape index (κ3) is 3.48. The molecule has 6 nitrogen and oxygen atoms in total. The number of aromatic carboxylic acids is 1. The molecule has 1 aromatic carbocycles. The lowest BCUT2D eigenvalue weighted by Crippen LogP contribution is -2.18. The molecule has 8 heteroatoms. The Morgan fingerprint density at radius 2 is 2.24 bits per heavy atom. The lowest BCUT2D eigenvalue weighted by molar-refractivity contribution is 0.0693. The maximum absolute atomic E-state index is 12.5. The van der Waals surface area contributed by atoms with Gasteiger partial charge < -0.3 is 14.6 Å². The third-order valence-electron chi connectivity index (χ3n) is 3.27. The van der Waals surface area contributed by atoms with Crippen molar-refractivity contribution < 1.29 is 27.8 Å². The molecule has 0 aliphatic carbocycles. The maximum Gasteiger partial charge on any atom is 0.339 e. The molecule has 0 amide bonds. The number of carboxylic acid groups (broad SMARTS) is 1. The van der Waals surface area contributed by atoms with Crippen LogP contribution in [-0.2, 0) is 14.6 Å². The molecule has 1 N–H and O–H groups in total.